The van der Waals surface area contributed by atoms with Crippen molar-refractivity contribution in [3.8, 4) is 0 Å². The summed E-state index contributed by atoms with van der Waals surface area (Å²) in [5, 5.41) is 5.37. The number of H-pyrrole nitrogens is 1. The van der Waals surface area contributed by atoms with Crippen LogP contribution in [0.1, 0.15) is 5.56 Å². The second-order valence-electron chi connectivity index (χ2n) is 4.40. The molecule has 1 heterocycles. The fourth-order valence-corrected chi connectivity index (χ4v) is 2.71. The lowest BCUT2D eigenvalue weighted by Gasteiger charge is -2.17. The number of aromatic amines is 1. The zero-order chi connectivity index (χ0) is 14.8. The van der Waals surface area contributed by atoms with E-state index in [1.165, 1.54) is 7.05 Å². The number of rotatable bonds is 5. The number of likely N-dealkylation sites (N-methyl/N-ethyl adjacent to an activating group) is 1. The van der Waals surface area contributed by atoms with Gasteiger partial charge in [-0.05, 0) is 18.1 Å². The van der Waals surface area contributed by atoms with Gasteiger partial charge in [0.05, 0.1) is 0 Å². The highest BCUT2D eigenvalue weighted by molar-refractivity contribution is 7.49. The Labute approximate surface area is 115 Å². The lowest BCUT2D eigenvalue weighted by atomic mass is 10.1. The topological polar surface area (TPSA) is 114 Å². The molecule has 0 fully saturated rings. The third-order valence-electron chi connectivity index (χ3n) is 2.99. The second-order valence-corrected chi connectivity index (χ2v) is 5.75. The minimum Gasteiger partial charge on any atom is -0.361 e. The predicted octanol–water partition coefficient (Wildman–Crippen LogP) is 0.507. The van der Waals surface area contributed by atoms with Crippen LogP contribution in [0, 0.1) is 0 Å². The molecule has 5 N–H and O–H groups in total. The summed E-state index contributed by atoms with van der Waals surface area (Å²) in [4.78, 5) is 32.8. The lowest BCUT2D eigenvalue weighted by molar-refractivity contribution is -0.122. The molecule has 0 aliphatic rings. The maximum atomic E-state index is 11.7. The molecule has 1 unspecified atom stereocenters. The Bertz CT molecular complexity index is 664. The first-order valence-electron chi connectivity index (χ1n) is 6.00. The molecule has 1 amide bonds. The van der Waals surface area contributed by atoms with Crippen LogP contribution >= 0.6 is 7.75 Å². The van der Waals surface area contributed by atoms with Gasteiger partial charge in [-0.3, -0.25) is 4.79 Å². The molecule has 7 nitrogen and oxygen atoms in total. The van der Waals surface area contributed by atoms with E-state index in [1.54, 1.807) is 6.20 Å². The summed E-state index contributed by atoms with van der Waals surface area (Å²) in [6, 6.07) is 6.53. The van der Waals surface area contributed by atoms with Crippen molar-refractivity contribution in [3.63, 3.8) is 0 Å². The van der Waals surface area contributed by atoms with Gasteiger partial charge in [-0.2, -0.15) is 0 Å². The Kier molecular flexibility index (Phi) is 4.25. The summed E-state index contributed by atoms with van der Waals surface area (Å²) in [5.74, 6) is -0.474. The average Bonchev–Trinajstić information content (AvgIpc) is 2.79. The molecule has 0 radical (unpaired) electrons. The minimum absolute atomic E-state index is 0.175. The summed E-state index contributed by atoms with van der Waals surface area (Å²) in [5.41, 5.74) is 1.73. The van der Waals surface area contributed by atoms with E-state index in [-0.39, 0.29) is 6.42 Å². The first kappa shape index (κ1) is 14.7. The second kappa shape index (κ2) is 5.76. The smallest absolute Gasteiger partial charge is 0.361 e. The standard InChI is InChI=1S/C12H16N3O4P/c1-13-12(16)11(15-20(17,18)19)6-8-7-14-10-5-3-2-4-9(8)10/h2-5,7,11,14H,6H2,1H3,(H,13,16)(H3,15,17,18,19). The summed E-state index contributed by atoms with van der Waals surface area (Å²) < 4.78 is 11.0. The molecule has 1 aromatic heterocycles. The number of benzene rings is 1. The fourth-order valence-electron chi connectivity index (χ4n) is 2.09. The zero-order valence-electron chi connectivity index (χ0n) is 10.8. The number of hydrogen-bond acceptors (Lipinski definition) is 2. The number of nitrogens with one attached hydrogen (secondary N) is 3. The van der Waals surface area contributed by atoms with Gasteiger partial charge in [0.1, 0.15) is 6.04 Å². The molecule has 2 aromatic rings. The van der Waals surface area contributed by atoms with Gasteiger partial charge in [0.2, 0.25) is 5.91 Å². The quantitative estimate of drug-likeness (QED) is 0.516. The zero-order valence-corrected chi connectivity index (χ0v) is 11.7. The third-order valence-corrected chi connectivity index (χ3v) is 3.63. The fraction of sp³-hybridized carbons (Fsp3) is 0.250. The van der Waals surface area contributed by atoms with Gasteiger partial charge < -0.3 is 20.1 Å². The number of carbonyl (C=O) groups is 1. The Morgan fingerprint density at radius 3 is 2.75 bits per heavy atom. The van der Waals surface area contributed by atoms with E-state index < -0.39 is 19.7 Å². The van der Waals surface area contributed by atoms with E-state index >= 15 is 0 Å². The van der Waals surface area contributed by atoms with E-state index in [0.717, 1.165) is 16.5 Å². The highest BCUT2D eigenvalue weighted by Crippen LogP contribution is 2.30. The van der Waals surface area contributed by atoms with Crippen LogP contribution in [0.3, 0.4) is 0 Å². The predicted molar refractivity (Wildman–Crippen MR) is 75.0 cm³/mol. The van der Waals surface area contributed by atoms with Crippen LogP contribution in [0.5, 0.6) is 0 Å². The van der Waals surface area contributed by atoms with Crippen LogP contribution in [0.4, 0.5) is 0 Å². The van der Waals surface area contributed by atoms with Crippen LogP contribution in [0.25, 0.3) is 10.9 Å². The third kappa shape index (κ3) is 3.46. The molecule has 108 valence electrons. The van der Waals surface area contributed by atoms with Crippen molar-refractivity contribution in [1.29, 1.82) is 0 Å². The van der Waals surface area contributed by atoms with E-state index in [9.17, 15) is 9.36 Å². The molecule has 0 saturated heterocycles. The molecule has 1 atom stereocenters. The Morgan fingerprint density at radius 2 is 2.10 bits per heavy atom. The molecule has 0 spiro atoms. The summed E-state index contributed by atoms with van der Waals surface area (Å²) in [6.07, 6.45) is 1.91. The van der Waals surface area contributed by atoms with Crippen molar-refractivity contribution in [2.24, 2.45) is 0 Å². The summed E-state index contributed by atoms with van der Waals surface area (Å²) in [7, 11) is -3.07. The van der Waals surface area contributed by atoms with Crippen molar-refractivity contribution < 1.29 is 19.1 Å². The van der Waals surface area contributed by atoms with Crippen molar-refractivity contribution in [2.45, 2.75) is 12.5 Å². The molecular formula is C12H16N3O4P. The number of hydrogen-bond donors (Lipinski definition) is 5. The molecule has 20 heavy (non-hydrogen) atoms. The van der Waals surface area contributed by atoms with Gasteiger partial charge in [-0.25, -0.2) is 9.65 Å². The van der Waals surface area contributed by atoms with Gasteiger partial charge in [-0.1, -0.05) is 18.2 Å². The summed E-state index contributed by atoms with van der Waals surface area (Å²) in [6.45, 7) is 0. The lowest BCUT2D eigenvalue weighted by Crippen LogP contribution is -2.42. The average molecular weight is 297 g/mol. The highest BCUT2D eigenvalue weighted by Gasteiger charge is 2.26. The van der Waals surface area contributed by atoms with E-state index in [1.807, 2.05) is 24.3 Å². The van der Waals surface area contributed by atoms with Crippen LogP contribution < -0.4 is 10.4 Å². The van der Waals surface area contributed by atoms with Crippen molar-refractivity contribution >= 4 is 24.6 Å². The largest absolute Gasteiger partial charge is 0.401 e. The monoisotopic (exact) mass is 297 g/mol. The number of fused-ring (bicyclic) bond motifs is 1. The van der Waals surface area contributed by atoms with Crippen molar-refractivity contribution in [2.75, 3.05) is 7.05 Å². The maximum Gasteiger partial charge on any atom is 0.401 e. The van der Waals surface area contributed by atoms with Gasteiger partial charge in [0.25, 0.3) is 0 Å². The maximum absolute atomic E-state index is 11.7. The molecular weight excluding hydrogens is 281 g/mol. The number of carbonyl (C=O) groups excluding carboxylic acids is 1. The molecule has 2 rings (SSSR count). The van der Waals surface area contributed by atoms with E-state index in [4.69, 9.17) is 9.79 Å². The van der Waals surface area contributed by atoms with E-state index in [0.29, 0.717) is 0 Å². The van der Waals surface area contributed by atoms with Gasteiger partial charge in [0.15, 0.2) is 0 Å². The Hall–Kier alpha value is -1.66. The number of amides is 1. The van der Waals surface area contributed by atoms with Crippen LogP contribution in [-0.2, 0) is 15.8 Å². The molecule has 1 aromatic carbocycles. The van der Waals surface area contributed by atoms with Gasteiger partial charge in [-0.15, -0.1) is 0 Å². The van der Waals surface area contributed by atoms with Crippen LogP contribution in [0.15, 0.2) is 30.5 Å². The van der Waals surface area contributed by atoms with Gasteiger partial charge >= 0.3 is 7.75 Å². The number of para-hydroxylation sites is 1. The van der Waals surface area contributed by atoms with Crippen molar-refractivity contribution in [1.82, 2.24) is 15.4 Å². The molecule has 0 bridgehead atoms. The molecule has 8 heteroatoms. The van der Waals surface area contributed by atoms with Crippen LogP contribution in [-0.4, -0.2) is 33.8 Å². The first-order valence-corrected chi connectivity index (χ1v) is 7.62. The first-order chi connectivity index (χ1) is 9.40. The Balaban J connectivity index is 2.27. The highest BCUT2D eigenvalue weighted by atomic mass is 31.2. The Morgan fingerprint density at radius 1 is 1.40 bits per heavy atom. The van der Waals surface area contributed by atoms with Gasteiger partial charge in [0, 0.05) is 24.1 Å². The SMILES string of the molecule is CNC(=O)C(Cc1c[nH]c2ccccc12)NP(=O)(O)O. The molecule has 0 aliphatic carbocycles. The normalized spacial score (nSPS) is 13.3. The molecule has 0 saturated carbocycles. The summed E-state index contributed by atoms with van der Waals surface area (Å²) >= 11 is 0. The van der Waals surface area contributed by atoms with Crippen molar-refractivity contribution in [3.05, 3.63) is 36.0 Å². The van der Waals surface area contributed by atoms with Crippen LogP contribution in [0.2, 0.25) is 0 Å². The number of aromatic nitrogens is 1. The minimum atomic E-state index is -4.49. The van der Waals surface area contributed by atoms with E-state index in [2.05, 4.69) is 15.4 Å². The molecule has 0 aliphatic heterocycles.